The van der Waals surface area contributed by atoms with E-state index in [2.05, 4.69) is 0 Å². The number of hydrogen-bond donors (Lipinski definition) is 1. The van der Waals surface area contributed by atoms with Crippen LogP contribution in [0.1, 0.15) is 0 Å². The fourth-order valence-electron chi connectivity index (χ4n) is 0.978. The minimum absolute atomic E-state index is 0.389. The van der Waals surface area contributed by atoms with Crippen LogP contribution < -0.4 is 0 Å². The summed E-state index contributed by atoms with van der Waals surface area (Å²) in [6.07, 6.45) is 0. The molecule has 50 valence electrons. The standard InChI is InChI=1S/C8H6OS/c9-7-4-3-6-2-1-5-10-8(6)7/h1-5,9H. The third kappa shape index (κ3) is 0.693. The van der Waals surface area contributed by atoms with Crippen LogP contribution >= 0.6 is 11.3 Å². The molecule has 0 bridgehead atoms. The van der Waals surface area contributed by atoms with Crippen molar-refractivity contribution in [3.63, 3.8) is 0 Å². The van der Waals surface area contributed by atoms with Crippen LogP contribution in [-0.2, 0) is 0 Å². The van der Waals surface area contributed by atoms with E-state index in [0.717, 1.165) is 10.4 Å². The van der Waals surface area contributed by atoms with Gasteiger partial charge in [0.2, 0.25) is 0 Å². The SMILES string of the molecule is Oc1ccc2cccsc1-2. The Balaban J connectivity index is 2.78. The quantitative estimate of drug-likeness (QED) is 0.612. The van der Waals surface area contributed by atoms with E-state index in [1.54, 1.807) is 17.4 Å². The fraction of sp³-hybridized carbons (Fsp3) is 0. The second kappa shape index (κ2) is 1.99. The van der Waals surface area contributed by atoms with Crippen LogP contribution in [0.2, 0.25) is 0 Å². The Morgan fingerprint density at radius 2 is 2.10 bits per heavy atom. The molecule has 1 nitrogen and oxygen atoms in total. The molecular formula is C8H6OS. The third-order valence-corrected chi connectivity index (χ3v) is 2.43. The molecule has 0 fully saturated rings. The maximum Gasteiger partial charge on any atom is 0.133 e. The normalized spacial score (nSPS) is 10.4. The van der Waals surface area contributed by atoms with Gasteiger partial charge in [-0.05, 0) is 23.1 Å². The van der Waals surface area contributed by atoms with Gasteiger partial charge in [-0.25, -0.2) is 0 Å². The van der Waals surface area contributed by atoms with Crippen LogP contribution in [0.5, 0.6) is 5.75 Å². The molecule has 1 N–H and O–H groups in total. The maximum atomic E-state index is 9.22. The molecule has 1 aliphatic carbocycles. The van der Waals surface area contributed by atoms with Gasteiger partial charge in [0, 0.05) is 0 Å². The van der Waals surface area contributed by atoms with Crippen LogP contribution in [0, 0.1) is 0 Å². The summed E-state index contributed by atoms with van der Waals surface area (Å²) < 4.78 is 0. The monoisotopic (exact) mass is 150 g/mol. The van der Waals surface area contributed by atoms with E-state index in [1.807, 2.05) is 23.6 Å². The van der Waals surface area contributed by atoms with Gasteiger partial charge in [0.05, 0.1) is 4.88 Å². The van der Waals surface area contributed by atoms with Crippen molar-refractivity contribution in [1.29, 1.82) is 0 Å². The average molecular weight is 150 g/mol. The van der Waals surface area contributed by atoms with Crippen molar-refractivity contribution in [2.75, 3.05) is 0 Å². The number of aromatic hydroxyl groups is 1. The van der Waals surface area contributed by atoms with Crippen LogP contribution in [0.3, 0.4) is 0 Å². The Kier molecular flexibility index (Phi) is 1.14. The van der Waals surface area contributed by atoms with E-state index in [0.29, 0.717) is 5.75 Å². The lowest BCUT2D eigenvalue weighted by Gasteiger charge is -1.94. The summed E-state index contributed by atoms with van der Waals surface area (Å²) in [5.74, 6) is 0.389. The molecule has 0 aromatic rings. The zero-order valence-electron chi connectivity index (χ0n) is 5.24. The van der Waals surface area contributed by atoms with E-state index >= 15 is 0 Å². The Hall–Kier alpha value is -1.02. The zero-order valence-corrected chi connectivity index (χ0v) is 6.06. The largest absolute Gasteiger partial charge is 0.506 e. The van der Waals surface area contributed by atoms with E-state index in [9.17, 15) is 5.11 Å². The summed E-state index contributed by atoms with van der Waals surface area (Å²) in [5.41, 5.74) is 1.12. The lowest BCUT2D eigenvalue weighted by molar-refractivity contribution is 0.480. The molecule has 2 rings (SSSR count). The first-order valence-corrected chi connectivity index (χ1v) is 3.91. The molecule has 0 spiro atoms. The van der Waals surface area contributed by atoms with Crippen molar-refractivity contribution < 1.29 is 5.11 Å². The van der Waals surface area contributed by atoms with E-state index in [1.165, 1.54) is 0 Å². The fourth-order valence-corrected chi connectivity index (χ4v) is 1.73. The topological polar surface area (TPSA) is 20.2 Å². The predicted octanol–water partition coefficient (Wildman–Crippen LogP) is 2.56. The molecule has 10 heavy (non-hydrogen) atoms. The molecule has 0 unspecified atom stereocenters. The first kappa shape index (κ1) is 5.74. The first-order chi connectivity index (χ1) is 4.88. The number of hydrogen-bond acceptors (Lipinski definition) is 2. The maximum absolute atomic E-state index is 9.22. The van der Waals surface area contributed by atoms with Gasteiger partial charge < -0.3 is 5.11 Å². The van der Waals surface area contributed by atoms with E-state index < -0.39 is 0 Å². The summed E-state index contributed by atoms with van der Waals surface area (Å²) in [6, 6.07) is 7.61. The number of fused-ring (bicyclic) bond motifs is 1. The number of rotatable bonds is 0. The summed E-state index contributed by atoms with van der Waals surface area (Å²) in [5, 5.41) is 11.2. The van der Waals surface area contributed by atoms with Crippen molar-refractivity contribution in [1.82, 2.24) is 0 Å². The van der Waals surface area contributed by atoms with Crippen LogP contribution in [-0.4, -0.2) is 5.11 Å². The highest BCUT2D eigenvalue weighted by Gasteiger charge is 2.05. The Morgan fingerprint density at radius 1 is 1.20 bits per heavy atom. The van der Waals surface area contributed by atoms with Gasteiger partial charge in [0.1, 0.15) is 5.75 Å². The van der Waals surface area contributed by atoms with Gasteiger partial charge in [0.25, 0.3) is 0 Å². The molecule has 0 radical (unpaired) electrons. The summed E-state index contributed by atoms with van der Waals surface area (Å²) in [4.78, 5) is 0.975. The molecule has 0 saturated carbocycles. The highest BCUT2D eigenvalue weighted by molar-refractivity contribution is 7.13. The summed E-state index contributed by atoms with van der Waals surface area (Å²) >= 11 is 1.56. The summed E-state index contributed by atoms with van der Waals surface area (Å²) in [6.45, 7) is 0. The molecule has 0 saturated heterocycles. The highest BCUT2D eigenvalue weighted by atomic mass is 32.1. The van der Waals surface area contributed by atoms with Gasteiger partial charge in [0.15, 0.2) is 0 Å². The molecule has 0 aromatic heterocycles. The highest BCUT2D eigenvalue weighted by Crippen LogP contribution is 2.35. The van der Waals surface area contributed by atoms with Crippen molar-refractivity contribution in [2.24, 2.45) is 0 Å². The second-order valence-electron chi connectivity index (χ2n) is 2.12. The molecule has 2 heteroatoms. The Morgan fingerprint density at radius 3 is 2.90 bits per heavy atom. The Labute approximate surface area is 62.9 Å². The molecule has 1 heterocycles. The molecule has 0 atom stereocenters. The van der Waals surface area contributed by atoms with Crippen LogP contribution in [0.15, 0.2) is 29.6 Å². The lowest BCUT2D eigenvalue weighted by atomic mass is 10.3. The van der Waals surface area contributed by atoms with Gasteiger partial charge in [-0.3, -0.25) is 0 Å². The van der Waals surface area contributed by atoms with Crippen molar-refractivity contribution in [3.05, 3.63) is 29.6 Å². The average Bonchev–Trinajstić information content (AvgIpc) is 2.34. The summed E-state index contributed by atoms with van der Waals surface area (Å²) in [7, 11) is 0. The van der Waals surface area contributed by atoms with Crippen molar-refractivity contribution in [3.8, 4) is 16.2 Å². The van der Waals surface area contributed by atoms with Crippen LogP contribution in [0.25, 0.3) is 10.4 Å². The lowest BCUT2D eigenvalue weighted by Crippen LogP contribution is -1.65. The van der Waals surface area contributed by atoms with Gasteiger partial charge in [-0.1, -0.05) is 12.1 Å². The van der Waals surface area contributed by atoms with E-state index in [-0.39, 0.29) is 0 Å². The minimum Gasteiger partial charge on any atom is -0.506 e. The smallest absolute Gasteiger partial charge is 0.133 e. The minimum atomic E-state index is 0.389. The third-order valence-electron chi connectivity index (χ3n) is 1.46. The molecular weight excluding hydrogens is 144 g/mol. The van der Waals surface area contributed by atoms with E-state index in [4.69, 9.17) is 0 Å². The van der Waals surface area contributed by atoms with Gasteiger partial charge in [-0.15, -0.1) is 11.3 Å². The second-order valence-corrected chi connectivity index (χ2v) is 3.03. The first-order valence-electron chi connectivity index (χ1n) is 3.03. The molecule has 0 aromatic carbocycles. The van der Waals surface area contributed by atoms with Crippen LogP contribution in [0.4, 0.5) is 0 Å². The predicted molar refractivity (Wildman–Crippen MR) is 42.6 cm³/mol. The zero-order chi connectivity index (χ0) is 6.97. The van der Waals surface area contributed by atoms with Crippen molar-refractivity contribution >= 4 is 11.3 Å². The van der Waals surface area contributed by atoms with Gasteiger partial charge >= 0.3 is 0 Å². The van der Waals surface area contributed by atoms with Crippen molar-refractivity contribution in [2.45, 2.75) is 0 Å². The van der Waals surface area contributed by atoms with Gasteiger partial charge in [-0.2, -0.15) is 0 Å². The molecule has 0 amide bonds. The Bertz CT molecular complexity index is 313. The molecule has 1 aliphatic heterocycles. The molecule has 2 aliphatic rings.